The Morgan fingerprint density at radius 3 is 2.37 bits per heavy atom. The fourth-order valence-corrected chi connectivity index (χ4v) is 2.27. The molecule has 0 atom stereocenters. The first-order valence-corrected chi connectivity index (χ1v) is 7.32. The van der Waals surface area contributed by atoms with E-state index in [1.54, 1.807) is 0 Å². The van der Waals surface area contributed by atoms with E-state index in [9.17, 15) is 4.79 Å². The Balaban J connectivity index is 2.37. The van der Waals surface area contributed by atoms with Crippen molar-refractivity contribution in [2.24, 2.45) is 5.73 Å². The van der Waals surface area contributed by atoms with Crippen molar-refractivity contribution in [1.29, 1.82) is 0 Å². The molecule has 0 aromatic carbocycles. The van der Waals surface area contributed by atoms with Gasteiger partial charge in [-0.25, -0.2) is 0 Å². The summed E-state index contributed by atoms with van der Waals surface area (Å²) in [6, 6.07) is 0. The van der Waals surface area contributed by atoms with Crippen molar-refractivity contribution < 1.29 is 4.79 Å². The molecule has 1 saturated heterocycles. The molecule has 6 heteroatoms. The number of nitrogens with zero attached hydrogens (tertiary/aromatic N) is 2. The molecule has 19 heavy (non-hydrogen) atoms. The van der Waals surface area contributed by atoms with E-state index >= 15 is 0 Å². The molecule has 0 aromatic rings. The van der Waals surface area contributed by atoms with Gasteiger partial charge in [0.05, 0.1) is 17.1 Å². The van der Waals surface area contributed by atoms with Gasteiger partial charge in [0.1, 0.15) is 0 Å². The summed E-state index contributed by atoms with van der Waals surface area (Å²) in [5, 5.41) is 2.90. The Morgan fingerprint density at radius 2 is 1.89 bits per heavy atom. The van der Waals surface area contributed by atoms with Gasteiger partial charge in [0, 0.05) is 32.7 Å². The number of carbonyl (C=O) groups excluding carboxylic acids is 1. The van der Waals surface area contributed by atoms with Crippen LogP contribution in [0.3, 0.4) is 0 Å². The zero-order chi connectivity index (χ0) is 14.5. The van der Waals surface area contributed by atoms with Crippen molar-refractivity contribution in [2.45, 2.75) is 32.7 Å². The van der Waals surface area contributed by atoms with Gasteiger partial charge in [0.2, 0.25) is 5.91 Å². The summed E-state index contributed by atoms with van der Waals surface area (Å²) in [6.45, 7) is 11.0. The van der Waals surface area contributed by atoms with Crippen molar-refractivity contribution >= 4 is 23.1 Å². The molecule has 1 aliphatic rings. The van der Waals surface area contributed by atoms with Crippen LogP contribution in [-0.2, 0) is 4.79 Å². The summed E-state index contributed by atoms with van der Waals surface area (Å²) >= 11 is 5.12. The highest BCUT2D eigenvalue weighted by molar-refractivity contribution is 7.80. The second kappa shape index (κ2) is 7.17. The fraction of sp³-hybridized carbons (Fsp3) is 0.846. The first-order valence-electron chi connectivity index (χ1n) is 6.92. The minimum atomic E-state index is -0.244. The average molecular weight is 286 g/mol. The van der Waals surface area contributed by atoms with E-state index in [0.717, 1.165) is 39.1 Å². The van der Waals surface area contributed by atoms with E-state index in [-0.39, 0.29) is 11.4 Å². The van der Waals surface area contributed by atoms with Crippen LogP contribution in [0.4, 0.5) is 0 Å². The first-order chi connectivity index (χ1) is 8.87. The van der Waals surface area contributed by atoms with Crippen molar-refractivity contribution in [3.63, 3.8) is 0 Å². The van der Waals surface area contributed by atoms with E-state index in [1.807, 2.05) is 0 Å². The second-order valence-corrected chi connectivity index (χ2v) is 5.98. The van der Waals surface area contributed by atoms with E-state index in [1.165, 1.54) is 0 Å². The monoisotopic (exact) mass is 286 g/mol. The minimum absolute atomic E-state index is 0.115. The highest BCUT2D eigenvalue weighted by atomic mass is 32.1. The van der Waals surface area contributed by atoms with Gasteiger partial charge in [-0.3, -0.25) is 14.6 Å². The topological polar surface area (TPSA) is 61.6 Å². The molecule has 0 radical (unpaired) electrons. The first kappa shape index (κ1) is 16.3. The Kier molecular flexibility index (Phi) is 6.16. The highest BCUT2D eigenvalue weighted by Gasteiger charge is 2.32. The maximum atomic E-state index is 11.6. The number of piperazine rings is 1. The molecule has 0 saturated carbocycles. The predicted octanol–water partition coefficient (Wildman–Crippen LogP) is 0.195. The molecular weight excluding hydrogens is 260 g/mol. The molecule has 1 heterocycles. The second-order valence-electron chi connectivity index (χ2n) is 5.54. The maximum Gasteiger partial charge on any atom is 0.234 e. The summed E-state index contributed by atoms with van der Waals surface area (Å²) in [5.41, 5.74) is 5.54. The summed E-state index contributed by atoms with van der Waals surface area (Å²) in [7, 11) is 0. The van der Waals surface area contributed by atoms with Crippen molar-refractivity contribution in [2.75, 3.05) is 39.3 Å². The van der Waals surface area contributed by atoms with Gasteiger partial charge in [0.15, 0.2) is 0 Å². The standard InChI is InChI=1S/C13H26N4OS/c1-4-5-15-11(18)10-16-6-8-17(9-7-16)13(2,3)12(14)19/h4-10H2,1-3H3,(H2,14,19)(H,15,18). The number of nitrogens with one attached hydrogen (secondary N) is 1. The third-order valence-electron chi connectivity index (χ3n) is 3.71. The fourth-order valence-electron chi connectivity index (χ4n) is 2.14. The van der Waals surface area contributed by atoms with Gasteiger partial charge in [0.25, 0.3) is 0 Å². The van der Waals surface area contributed by atoms with E-state index in [0.29, 0.717) is 11.5 Å². The average Bonchev–Trinajstić information content (AvgIpc) is 2.36. The molecule has 1 fully saturated rings. The quantitative estimate of drug-likeness (QED) is 0.683. The minimum Gasteiger partial charge on any atom is -0.392 e. The molecule has 0 unspecified atom stereocenters. The third-order valence-corrected chi connectivity index (χ3v) is 4.20. The van der Waals surface area contributed by atoms with Crippen molar-refractivity contribution in [1.82, 2.24) is 15.1 Å². The smallest absolute Gasteiger partial charge is 0.234 e. The van der Waals surface area contributed by atoms with Crippen LogP contribution in [0.5, 0.6) is 0 Å². The van der Waals surface area contributed by atoms with Crippen molar-refractivity contribution in [3.8, 4) is 0 Å². The number of carbonyl (C=O) groups is 1. The summed E-state index contributed by atoms with van der Waals surface area (Å²) in [4.78, 5) is 16.6. The lowest BCUT2D eigenvalue weighted by atomic mass is 10.0. The molecule has 1 aliphatic heterocycles. The molecule has 0 spiro atoms. The molecule has 1 amide bonds. The maximum absolute atomic E-state index is 11.6. The van der Waals surface area contributed by atoms with Crippen LogP contribution in [0.15, 0.2) is 0 Å². The lowest BCUT2D eigenvalue weighted by molar-refractivity contribution is -0.122. The lowest BCUT2D eigenvalue weighted by Gasteiger charge is -2.43. The molecule has 0 aliphatic carbocycles. The van der Waals surface area contributed by atoms with E-state index in [4.69, 9.17) is 18.0 Å². The van der Waals surface area contributed by atoms with E-state index in [2.05, 4.69) is 35.9 Å². The van der Waals surface area contributed by atoms with Gasteiger partial charge >= 0.3 is 0 Å². The molecule has 1 rings (SSSR count). The molecule has 3 N–H and O–H groups in total. The summed E-state index contributed by atoms with van der Waals surface area (Å²) in [6.07, 6.45) is 0.974. The molecule has 0 aromatic heterocycles. The molecular formula is C13H26N4OS. The molecule has 110 valence electrons. The van der Waals surface area contributed by atoms with Gasteiger partial charge in [-0.15, -0.1) is 0 Å². The number of rotatable bonds is 6. The van der Waals surface area contributed by atoms with Crippen LogP contribution >= 0.6 is 12.2 Å². The summed E-state index contributed by atoms with van der Waals surface area (Å²) < 4.78 is 0. The van der Waals surface area contributed by atoms with Crippen LogP contribution in [0, 0.1) is 0 Å². The largest absolute Gasteiger partial charge is 0.392 e. The Hall–Kier alpha value is -0.720. The van der Waals surface area contributed by atoms with Gasteiger partial charge in [-0.2, -0.15) is 0 Å². The number of thiocarbonyl (C=S) groups is 1. The normalized spacial score (nSPS) is 18.3. The predicted molar refractivity (Wildman–Crippen MR) is 82.2 cm³/mol. The Bertz CT molecular complexity index is 325. The zero-order valence-corrected chi connectivity index (χ0v) is 13.1. The number of hydrogen-bond acceptors (Lipinski definition) is 4. The van der Waals surface area contributed by atoms with E-state index < -0.39 is 0 Å². The number of nitrogens with two attached hydrogens (primary N) is 1. The van der Waals surface area contributed by atoms with Gasteiger partial charge in [-0.1, -0.05) is 19.1 Å². The van der Waals surface area contributed by atoms with Crippen LogP contribution in [0.25, 0.3) is 0 Å². The lowest BCUT2D eigenvalue weighted by Crippen LogP contribution is -2.59. The van der Waals surface area contributed by atoms with Crippen molar-refractivity contribution in [3.05, 3.63) is 0 Å². The molecule has 5 nitrogen and oxygen atoms in total. The third kappa shape index (κ3) is 4.71. The van der Waals surface area contributed by atoms with Crippen LogP contribution in [-0.4, -0.2) is 65.5 Å². The molecule has 0 bridgehead atoms. The van der Waals surface area contributed by atoms with Gasteiger partial charge < -0.3 is 11.1 Å². The van der Waals surface area contributed by atoms with Crippen LogP contribution in [0.2, 0.25) is 0 Å². The number of hydrogen-bond donors (Lipinski definition) is 2. The zero-order valence-electron chi connectivity index (χ0n) is 12.2. The van der Waals surface area contributed by atoms with Crippen LogP contribution in [0.1, 0.15) is 27.2 Å². The van der Waals surface area contributed by atoms with Crippen LogP contribution < -0.4 is 11.1 Å². The highest BCUT2D eigenvalue weighted by Crippen LogP contribution is 2.17. The van der Waals surface area contributed by atoms with Gasteiger partial charge in [-0.05, 0) is 20.3 Å². The Labute approximate surface area is 121 Å². The number of amides is 1. The Morgan fingerprint density at radius 1 is 1.32 bits per heavy atom. The SMILES string of the molecule is CCCNC(=O)CN1CCN(C(C)(C)C(N)=S)CC1. The summed E-state index contributed by atoms with van der Waals surface area (Å²) in [5.74, 6) is 0.115.